The van der Waals surface area contributed by atoms with Crippen molar-refractivity contribution in [2.75, 3.05) is 26.7 Å². The molecule has 1 aliphatic rings. The van der Waals surface area contributed by atoms with Crippen LogP contribution < -0.4 is 5.32 Å². The van der Waals surface area contributed by atoms with Gasteiger partial charge in [-0.05, 0) is 42.3 Å². The Morgan fingerprint density at radius 1 is 1.35 bits per heavy atom. The molecule has 8 heteroatoms. The van der Waals surface area contributed by atoms with Crippen molar-refractivity contribution in [3.8, 4) is 0 Å². The molecule has 0 aliphatic carbocycles. The predicted octanol–water partition coefficient (Wildman–Crippen LogP) is 1.51. The van der Waals surface area contributed by atoms with E-state index in [1.807, 2.05) is 6.07 Å². The van der Waals surface area contributed by atoms with Gasteiger partial charge in [-0.15, -0.1) is 0 Å². The van der Waals surface area contributed by atoms with Gasteiger partial charge in [0.25, 0.3) is 0 Å². The monoisotopic (exact) mass is 375 g/mol. The lowest BCUT2D eigenvalue weighted by Gasteiger charge is -2.35. The zero-order valence-corrected chi connectivity index (χ0v) is 15.5. The minimum atomic E-state index is -3.73. The molecule has 3 rings (SSSR count). The van der Waals surface area contributed by atoms with E-state index in [4.69, 9.17) is 4.74 Å². The molecule has 2 aromatic rings. The van der Waals surface area contributed by atoms with Gasteiger partial charge in [0, 0.05) is 32.0 Å². The average molecular weight is 375 g/mol. The number of rotatable bonds is 4. The van der Waals surface area contributed by atoms with Crippen molar-refractivity contribution in [1.82, 2.24) is 14.6 Å². The van der Waals surface area contributed by atoms with Crippen LogP contribution in [-0.4, -0.2) is 50.4 Å². The second-order valence-electron chi connectivity index (χ2n) is 6.09. The summed E-state index contributed by atoms with van der Waals surface area (Å²) in [7, 11) is -2.43. The first-order chi connectivity index (χ1) is 12.4. The van der Waals surface area contributed by atoms with Crippen LogP contribution in [0.3, 0.4) is 0 Å². The number of aromatic nitrogens is 1. The number of carbonyl (C=O) groups is 1. The number of methoxy groups -OCH3 is 1. The summed E-state index contributed by atoms with van der Waals surface area (Å²) in [5.41, 5.74) is 1.68. The lowest BCUT2D eigenvalue weighted by molar-refractivity contribution is 0.0600. The van der Waals surface area contributed by atoms with E-state index in [2.05, 4.69) is 10.3 Å². The third-order valence-electron chi connectivity index (χ3n) is 4.45. The summed E-state index contributed by atoms with van der Waals surface area (Å²) < 4.78 is 32.8. The number of ether oxygens (including phenoxy) is 1. The molecule has 2 heterocycles. The van der Waals surface area contributed by atoms with Gasteiger partial charge in [-0.25, -0.2) is 13.2 Å². The molecule has 1 aromatic carbocycles. The molecule has 1 saturated heterocycles. The van der Waals surface area contributed by atoms with Crippen LogP contribution in [0.2, 0.25) is 0 Å². The Balaban J connectivity index is 1.99. The molecule has 1 aromatic heterocycles. The summed E-state index contributed by atoms with van der Waals surface area (Å²) in [4.78, 5) is 16.0. The maximum Gasteiger partial charge on any atom is 0.337 e. The summed E-state index contributed by atoms with van der Waals surface area (Å²) in [6.07, 6.45) is 3.35. The number of nitrogens with one attached hydrogen (secondary N) is 1. The first kappa shape index (κ1) is 18.5. The fourth-order valence-corrected chi connectivity index (χ4v) is 4.96. The van der Waals surface area contributed by atoms with Crippen LogP contribution in [0, 0.1) is 6.92 Å². The zero-order valence-electron chi connectivity index (χ0n) is 14.7. The Morgan fingerprint density at radius 3 is 2.81 bits per heavy atom. The molecule has 138 valence electrons. The molecule has 0 spiro atoms. The number of benzene rings is 1. The predicted molar refractivity (Wildman–Crippen MR) is 96.3 cm³/mol. The summed E-state index contributed by atoms with van der Waals surface area (Å²) in [5.74, 6) is -0.493. The molecular formula is C18H21N3O4S. The van der Waals surface area contributed by atoms with E-state index in [9.17, 15) is 13.2 Å². The first-order valence-corrected chi connectivity index (χ1v) is 9.70. The summed E-state index contributed by atoms with van der Waals surface area (Å²) >= 11 is 0. The van der Waals surface area contributed by atoms with E-state index >= 15 is 0 Å². The summed E-state index contributed by atoms with van der Waals surface area (Å²) in [6, 6.07) is 7.83. The number of hydrogen-bond acceptors (Lipinski definition) is 6. The number of carbonyl (C=O) groups excluding carboxylic acids is 1. The van der Waals surface area contributed by atoms with Crippen molar-refractivity contribution in [1.29, 1.82) is 0 Å². The highest BCUT2D eigenvalue weighted by atomic mass is 32.2. The van der Waals surface area contributed by atoms with Gasteiger partial charge in [0.2, 0.25) is 10.0 Å². The van der Waals surface area contributed by atoms with E-state index in [0.717, 1.165) is 5.56 Å². The Hall–Kier alpha value is -2.29. The van der Waals surface area contributed by atoms with E-state index < -0.39 is 16.0 Å². The molecular weight excluding hydrogens is 354 g/mol. The van der Waals surface area contributed by atoms with E-state index in [1.165, 1.54) is 23.5 Å². The maximum absolute atomic E-state index is 13.3. The number of piperazine rings is 1. The number of esters is 1. The lowest BCUT2D eigenvalue weighted by Crippen LogP contribution is -2.48. The van der Waals surface area contributed by atoms with Gasteiger partial charge in [-0.1, -0.05) is 6.07 Å². The fraction of sp³-hybridized carbons (Fsp3) is 0.333. The number of sulfonamides is 1. The topological polar surface area (TPSA) is 88.6 Å². The molecule has 0 saturated carbocycles. The van der Waals surface area contributed by atoms with Crippen molar-refractivity contribution < 1.29 is 17.9 Å². The number of pyridine rings is 1. The lowest BCUT2D eigenvalue weighted by atomic mass is 10.1. The van der Waals surface area contributed by atoms with Crippen molar-refractivity contribution in [2.24, 2.45) is 0 Å². The van der Waals surface area contributed by atoms with Gasteiger partial charge < -0.3 is 10.1 Å². The van der Waals surface area contributed by atoms with Crippen LogP contribution in [0.4, 0.5) is 0 Å². The number of aryl methyl sites for hydroxylation is 1. The second kappa shape index (κ2) is 7.53. The summed E-state index contributed by atoms with van der Waals surface area (Å²) in [6.45, 7) is 3.14. The van der Waals surface area contributed by atoms with Crippen LogP contribution in [-0.2, 0) is 14.8 Å². The molecule has 1 aliphatic heterocycles. The Kier molecular flexibility index (Phi) is 5.36. The molecule has 1 unspecified atom stereocenters. The van der Waals surface area contributed by atoms with Crippen LogP contribution >= 0.6 is 0 Å². The highest BCUT2D eigenvalue weighted by Gasteiger charge is 2.35. The molecule has 1 N–H and O–H groups in total. The third-order valence-corrected chi connectivity index (χ3v) is 6.51. The largest absolute Gasteiger partial charge is 0.465 e. The van der Waals surface area contributed by atoms with Gasteiger partial charge in [0.1, 0.15) is 0 Å². The average Bonchev–Trinajstić information content (AvgIpc) is 2.67. The smallest absolute Gasteiger partial charge is 0.337 e. The Labute approximate surface area is 153 Å². The molecule has 7 nitrogen and oxygen atoms in total. The van der Waals surface area contributed by atoms with Crippen LogP contribution in [0.5, 0.6) is 0 Å². The SMILES string of the molecule is COC(=O)c1ccc(S(=O)(=O)N2CCNCC2c2cccnc2)c(C)c1. The molecule has 1 atom stereocenters. The van der Waals surface area contributed by atoms with Crippen molar-refractivity contribution in [2.45, 2.75) is 17.9 Å². The molecule has 1 fully saturated rings. The van der Waals surface area contributed by atoms with Crippen molar-refractivity contribution >= 4 is 16.0 Å². The van der Waals surface area contributed by atoms with E-state index in [-0.39, 0.29) is 10.9 Å². The highest BCUT2D eigenvalue weighted by molar-refractivity contribution is 7.89. The highest BCUT2D eigenvalue weighted by Crippen LogP contribution is 2.30. The van der Waals surface area contributed by atoms with Crippen LogP contribution in [0.15, 0.2) is 47.6 Å². The first-order valence-electron chi connectivity index (χ1n) is 8.26. The maximum atomic E-state index is 13.3. The molecule has 0 amide bonds. The quantitative estimate of drug-likeness (QED) is 0.815. The Morgan fingerprint density at radius 2 is 2.15 bits per heavy atom. The van der Waals surface area contributed by atoms with E-state index in [1.54, 1.807) is 31.5 Å². The van der Waals surface area contributed by atoms with Crippen LogP contribution in [0.1, 0.15) is 27.5 Å². The van der Waals surface area contributed by atoms with Gasteiger partial charge >= 0.3 is 5.97 Å². The van der Waals surface area contributed by atoms with Gasteiger partial charge in [-0.2, -0.15) is 4.31 Å². The fourth-order valence-electron chi connectivity index (χ4n) is 3.14. The molecule has 0 radical (unpaired) electrons. The zero-order chi connectivity index (χ0) is 18.7. The van der Waals surface area contributed by atoms with Gasteiger partial charge in [0.05, 0.1) is 23.6 Å². The third kappa shape index (κ3) is 3.48. The van der Waals surface area contributed by atoms with E-state index in [0.29, 0.717) is 30.8 Å². The number of nitrogens with zero attached hydrogens (tertiary/aromatic N) is 2. The van der Waals surface area contributed by atoms with Gasteiger partial charge in [0.15, 0.2) is 0 Å². The summed E-state index contributed by atoms with van der Waals surface area (Å²) in [5, 5.41) is 3.24. The standard InChI is InChI=1S/C18H21N3O4S/c1-13-10-14(18(22)25-2)5-6-17(13)26(23,24)21-9-8-20-12-16(21)15-4-3-7-19-11-15/h3-7,10-11,16,20H,8-9,12H2,1-2H3. The molecule has 0 bridgehead atoms. The normalized spacial score (nSPS) is 18.5. The second-order valence-corrected chi connectivity index (χ2v) is 7.95. The number of hydrogen-bond donors (Lipinski definition) is 1. The van der Waals surface area contributed by atoms with Crippen molar-refractivity contribution in [3.63, 3.8) is 0 Å². The van der Waals surface area contributed by atoms with Crippen molar-refractivity contribution in [3.05, 3.63) is 59.4 Å². The van der Waals surface area contributed by atoms with Gasteiger partial charge in [-0.3, -0.25) is 4.98 Å². The minimum absolute atomic E-state index is 0.195. The van der Waals surface area contributed by atoms with Crippen LogP contribution in [0.25, 0.3) is 0 Å². The minimum Gasteiger partial charge on any atom is -0.465 e. The Bertz CT molecular complexity index is 900. The molecule has 26 heavy (non-hydrogen) atoms.